The van der Waals surface area contributed by atoms with Gasteiger partial charge in [-0.25, -0.2) is 0 Å². The quantitative estimate of drug-likeness (QED) is 0.562. The fourth-order valence-electron chi connectivity index (χ4n) is 2.36. The maximum atomic E-state index is 11.9. The van der Waals surface area contributed by atoms with Crippen molar-refractivity contribution in [2.24, 2.45) is 17.8 Å². The zero-order valence-corrected chi connectivity index (χ0v) is 11.3. The SMILES string of the molecule is C#CCSCCNC(=O)[C@H]1CC(C)C[C@H]1C(=O)O. The number of hydrogen-bond acceptors (Lipinski definition) is 3. The van der Waals surface area contributed by atoms with Gasteiger partial charge in [-0.3, -0.25) is 9.59 Å². The standard InChI is InChI=1S/C13H19NO3S/c1-3-5-18-6-4-14-12(15)10-7-9(2)8-11(10)13(16)17/h1,9-11H,4-8H2,2H3,(H,14,15)(H,16,17)/t9?,10-,11+/m0/s1. The van der Waals surface area contributed by atoms with Gasteiger partial charge in [0, 0.05) is 12.3 Å². The second-order valence-electron chi connectivity index (χ2n) is 4.68. The first kappa shape index (κ1) is 14.9. The Labute approximate surface area is 112 Å². The average molecular weight is 269 g/mol. The summed E-state index contributed by atoms with van der Waals surface area (Å²) < 4.78 is 0. The van der Waals surface area contributed by atoms with Gasteiger partial charge in [0.05, 0.1) is 17.6 Å². The van der Waals surface area contributed by atoms with Crippen molar-refractivity contribution >= 4 is 23.6 Å². The maximum Gasteiger partial charge on any atom is 0.307 e. The van der Waals surface area contributed by atoms with Crippen molar-refractivity contribution in [2.45, 2.75) is 19.8 Å². The summed E-state index contributed by atoms with van der Waals surface area (Å²) in [5.41, 5.74) is 0. The molecule has 0 aromatic heterocycles. The number of thioether (sulfide) groups is 1. The van der Waals surface area contributed by atoms with Crippen LogP contribution in [0.15, 0.2) is 0 Å². The molecule has 1 rings (SSSR count). The molecule has 0 aromatic carbocycles. The maximum absolute atomic E-state index is 11.9. The molecule has 0 bridgehead atoms. The number of carboxylic acids is 1. The Hall–Kier alpha value is -1.15. The lowest BCUT2D eigenvalue weighted by molar-refractivity contribution is -0.146. The molecule has 0 heterocycles. The van der Waals surface area contributed by atoms with Crippen LogP contribution in [0, 0.1) is 30.1 Å². The summed E-state index contributed by atoms with van der Waals surface area (Å²) >= 11 is 1.58. The molecule has 0 radical (unpaired) electrons. The van der Waals surface area contributed by atoms with E-state index in [2.05, 4.69) is 11.2 Å². The largest absolute Gasteiger partial charge is 0.481 e. The van der Waals surface area contributed by atoms with E-state index in [-0.39, 0.29) is 11.8 Å². The number of terminal acetylenes is 1. The van der Waals surface area contributed by atoms with Crippen molar-refractivity contribution in [1.82, 2.24) is 5.32 Å². The highest BCUT2D eigenvalue weighted by atomic mass is 32.2. The van der Waals surface area contributed by atoms with Gasteiger partial charge < -0.3 is 10.4 Å². The second kappa shape index (κ2) is 7.32. The van der Waals surface area contributed by atoms with E-state index in [0.29, 0.717) is 31.1 Å². The molecule has 0 aliphatic heterocycles. The van der Waals surface area contributed by atoms with Gasteiger partial charge in [0.2, 0.25) is 5.91 Å². The number of hydrogen-bond donors (Lipinski definition) is 2. The Morgan fingerprint density at radius 2 is 2.11 bits per heavy atom. The van der Waals surface area contributed by atoms with E-state index >= 15 is 0 Å². The van der Waals surface area contributed by atoms with E-state index in [0.717, 1.165) is 5.75 Å². The van der Waals surface area contributed by atoms with Crippen LogP contribution in [0.3, 0.4) is 0 Å². The van der Waals surface area contributed by atoms with Crippen molar-refractivity contribution < 1.29 is 14.7 Å². The lowest BCUT2D eigenvalue weighted by Crippen LogP contribution is -2.36. The predicted molar refractivity (Wildman–Crippen MR) is 72.2 cm³/mol. The first-order valence-electron chi connectivity index (χ1n) is 6.08. The minimum absolute atomic E-state index is 0.131. The van der Waals surface area contributed by atoms with Gasteiger partial charge in [-0.1, -0.05) is 12.8 Å². The van der Waals surface area contributed by atoms with E-state index in [9.17, 15) is 9.59 Å². The van der Waals surface area contributed by atoms with E-state index in [1.54, 1.807) is 11.8 Å². The lowest BCUT2D eigenvalue weighted by atomic mass is 9.95. The van der Waals surface area contributed by atoms with Crippen LogP contribution >= 0.6 is 11.8 Å². The first-order chi connectivity index (χ1) is 8.56. The number of amides is 1. The van der Waals surface area contributed by atoms with E-state index in [4.69, 9.17) is 11.5 Å². The molecule has 1 fully saturated rings. The van der Waals surface area contributed by atoms with Crippen LogP contribution in [0.1, 0.15) is 19.8 Å². The van der Waals surface area contributed by atoms with Crippen LogP contribution < -0.4 is 5.32 Å². The van der Waals surface area contributed by atoms with Crippen LogP contribution in [0.4, 0.5) is 0 Å². The minimum Gasteiger partial charge on any atom is -0.481 e. The summed E-state index contributed by atoms with van der Waals surface area (Å²) in [6, 6.07) is 0. The van der Waals surface area contributed by atoms with Crippen molar-refractivity contribution in [1.29, 1.82) is 0 Å². The molecule has 4 nitrogen and oxygen atoms in total. The summed E-state index contributed by atoms with van der Waals surface area (Å²) in [6.07, 6.45) is 6.38. The number of aliphatic carboxylic acids is 1. The second-order valence-corrected chi connectivity index (χ2v) is 5.78. The third-order valence-corrected chi connectivity index (χ3v) is 4.05. The molecular weight excluding hydrogens is 250 g/mol. The normalized spacial score (nSPS) is 26.6. The fraction of sp³-hybridized carbons (Fsp3) is 0.692. The predicted octanol–water partition coefficient (Wildman–Crippen LogP) is 1.22. The topological polar surface area (TPSA) is 66.4 Å². The molecule has 1 amide bonds. The molecule has 2 N–H and O–H groups in total. The molecule has 18 heavy (non-hydrogen) atoms. The van der Waals surface area contributed by atoms with Crippen molar-refractivity contribution in [3.63, 3.8) is 0 Å². The summed E-state index contributed by atoms with van der Waals surface area (Å²) in [5.74, 6) is 2.31. The number of carboxylic acid groups (broad SMARTS) is 1. The Kier molecular flexibility index (Phi) is 6.06. The molecule has 0 spiro atoms. The summed E-state index contributed by atoms with van der Waals surface area (Å²) in [7, 11) is 0. The Morgan fingerprint density at radius 3 is 2.72 bits per heavy atom. The number of carbonyl (C=O) groups is 2. The molecule has 3 atom stereocenters. The monoisotopic (exact) mass is 269 g/mol. The molecule has 0 saturated heterocycles. The highest BCUT2D eigenvalue weighted by Crippen LogP contribution is 2.36. The smallest absolute Gasteiger partial charge is 0.307 e. The molecule has 5 heteroatoms. The highest BCUT2D eigenvalue weighted by Gasteiger charge is 2.40. The van der Waals surface area contributed by atoms with Gasteiger partial charge >= 0.3 is 5.97 Å². The van der Waals surface area contributed by atoms with Crippen LogP contribution in [0.5, 0.6) is 0 Å². The van der Waals surface area contributed by atoms with Gasteiger partial charge in [0.1, 0.15) is 0 Å². The van der Waals surface area contributed by atoms with Gasteiger partial charge in [0.15, 0.2) is 0 Å². The van der Waals surface area contributed by atoms with Gasteiger partial charge in [-0.2, -0.15) is 0 Å². The van der Waals surface area contributed by atoms with Gasteiger partial charge in [-0.05, 0) is 18.8 Å². The van der Waals surface area contributed by atoms with E-state index in [1.807, 2.05) is 6.92 Å². The first-order valence-corrected chi connectivity index (χ1v) is 7.23. The summed E-state index contributed by atoms with van der Waals surface area (Å²) in [6.45, 7) is 2.54. The van der Waals surface area contributed by atoms with Crippen LogP contribution in [0.2, 0.25) is 0 Å². The Morgan fingerprint density at radius 1 is 1.44 bits per heavy atom. The highest BCUT2D eigenvalue weighted by molar-refractivity contribution is 7.99. The Balaban J connectivity index is 2.36. The number of carbonyl (C=O) groups excluding carboxylic acids is 1. The average Bonchev–Trinajstić information content (AvgIpc) is 2.71. The Bertz CT molecular complexity index is 351. The van der Waals surface area contributed by atoms with Gasteiger partial charge in [0.25, 0.3) is 0 Å². The minimum atomic E-state index is -0.860. The number of nitrogens with one attached hydrogen (secondary N) is 1. The zero-order chi connectivity index (χ0) is 13.5. The molecule has 100 valence electrons. The molecular formula is C13H19NO3S. The van der Waals surface area contributed by atoms with E-state index in [1.165, 1.54) is 0 Å². The third kappa shape index (κ3) is 4.26. The van der Waals surface area contributed by atoms with Crippen molar-refractivity contribution in [3.05, 3.63) is 0 Å². The van der Waals surface area contributed by atoms with Crippen LogP contribution in [-0.2, 0) is 9.59 Å². The molecule has 1 aliphatic carbocycles. The molecule has 1 aliphatic rings. The third-order valence-electron chi connectivity index (χ3n) is 3.18. The van der Waals surface area contributed by atoms with Crippen LogP contribution in [-0.4, -0.2) is 35.0 Å². The fourth-order valence-corrected chi connectivity index (χ4v) is 2.87. The molecule has 1 saturated carbocycles. The lowest BCUT2D eigenvalue weighted by Gasteiger charge is -2.15. The van der Waals surface area contributed by atoms with Crippen molar-refractivity contribution in [2.75, 3.05) is 18.1 Å². The van der Waals surface area contributed by atoms with Crippen molar-refractivity contribution in [3.8, 4) is 12.3 Å². The van der Waals surface area contributed by atoms with Crippen LogP contribution in [0.25, 0.3) is 0 Å². The molecule has 1 unspecified atom stereocenters. The number of rotatable bonds is 6. The molecule has 0 aromatic rings. The summed E-state index contributed by atoms with van der Waals surface area (Å²) in [5, 5.41) is 11.9. The summed E-state index contributed by atoms with van der Waals surface area (Å²) in [4.78, 5) is 23.0. The van der Waals surface area contributed by atoms with Gasteiger partial charge in [-0.15, -0.1) is 18.2 Å². The zero-order valence-electron chi connectivity index (χ0n) is 10.5. The van der Waals surface area contributed by atoms with E-state index < -0.39 is 11.9 Å².